The molecule has 7 heteroatoms. The number of nitrogens with one attached hydrogen (secondary N) is 1. The van der Waals surface area contributed by atoms with E-state index in [-0.39, 0.29) is 23.1 Å². The van der Waals surface area contributed by atoms with Crippen LogP contribution in [0.15, 0.2) is 48.5 Å². The van der Waals surface area contributed by atoms with Gasteiger partial charge in [0.1, 0.15) is 10.6 Å². The van der Waals surface area contributed by atoms with Gasteiger partial charge in [-0.2, -0.15) is 0 Å². The number of benzene rings is 2. The highest BCUT2D eigenvalue weighted by atomic mass is 35.5. The van der Waals surface area contributed by atoms with Crippen molar-refractivity contribution in [1.82, 2.24) is 0 Å². The van der Waals surface area contributed by atoms with Crippen molar-refractivity contribution in [2.45, 2.75) is 12.3 Å². The first-order chi connectivity index (χ1) is 13.5. The van der Waals surface area contributed by atoms with Crippen LogP contribution in [0.2, 0.25) is 5.02 Å². The summed E-state index contributed by atoms with van der Waals surface area (Å²) in [5.74, 6) is -0.791. The van der Waals surface area contributed by atoms with Crippen LogP contribution in [0, 0.1) is 0 Å². The zero-order valence-corrected chi connectivity index (χ0v) is 16.4. The maximum Gasteiger partial charge on any atom is 0.346 e. The molecule has 1 atom stereocenters. The van der Waals surface area contributed by atoms with Crippen LogP contribution >= 0.6 is 22.9 Å². The van der Waals surface area contributed by atoms with Crippen molar-refractivity contribution in [2.24, 2.45) is 0 Å². The average molecular weight is 414 g/mol. The van der Waals surface area contributed by atoms with Gasteiger partial charge in [-0.05, 0) is 23.8 Å². The number of anilines is 1. The van der Waals surface area contributed by atoms with E-state index in [2.05, 4.69) is 5.32 Å². The summed E-state index contributed by atoms with van der Waals surface area (Å²) in [7, 11) is 1.58. The summed E-state index contributed by atoms with van der Waals surface area (Å²) >= 11 is 7.17. The van der Waals surface area contributed by atoms with Crippen molar-refractivity contribution >= 4 is 40.5 Å². The maximum atomic E-state index is 12.5. The van der Waals surface area contributed by atoms with Crippen molar-refractivity contribution in [3.63, 3.8) is 0 Å². The third-order valence-corrected chi connectivity index (χ3v) is 6.29. The molecular weight excluding hydrogens is 398 g/mol. The van der Waals surface area contributed by atoms with Crippen molar-refractivity contribution in [3.8, 4) is 16.9 Å². The van der Waals surface area contributed by atoms with Gasteiger partial charge in [0.2, 0.25) is 5.91 Å². The first-order valence-corrected chi connectivity index (χ1v) is 9.77. The fourth-order valence-electron chi connectivity index (χ4n) is 3.53. The normalized spacial score (nSPS) is 15.6. The molecule has 2 aromatic carbocycles. The van der Waals surface area contributed by atoms with E-state index in [4.69, 9.17) is 16.3 Å². The summed E-state index contributed by atoms with van der Waals surface area (Å²) in [6.07, 6.45) is 0.229. The number of hydrogen-bond donors (Lipinski definition) is 2. The largest absolute Gasteiger partial charge is 0.496 e. The molecule has 0 saturated heterocycles. The Bertz CT molecular complexity index is 1070. The zero-order valence-electron chi connectivity index (χ0n) is 14.9. The van der Waals surface area contributed by atoms with Crippen molar-refractivity contribution in [3.05, 3.63) is 68.9 Å². The highest BCUT2D eigenvalue weighted by Gasteiger charge is 2.35. The number of carboxylic acid groups (broad SMARTS) is 1. The predicted molar refractivity (Wildman–Crippen MR) is 110 cm³/mol. The van der Waals surface area contributed by atoms with Gasteiger partial charge in [0.15, 0.2) is 0 Å². The second-order valence-electron chi connectivity index (χ2n) is 6.40. The van der Waals surface area contributed by atoms with Gasteiger partial charge in [-0.1, -0.05) is 41.9 Å². The lowest BCUT2D eigenvalue weighted by Crippen LogP contribution is -2.22. The Hall–Kier alpha value is -2.83. The number of methoxy groups -OCH3 is 1. The molecule has 142 valence electrons. The molecule has 3 aromatic rings. The van der Waals surface area contributed by atoms with Crippen LogP contribution in [0.5, 0.6) is 5.75 Å². The SMILES string of the molecule is COc1ccccc1[C@H]1CC(=O)Nc2c1sc(C(=O)O)c2-c1ccc(Cl)cc1. The summed E-state index contributed by atoms with van der Waals surface area (Å²) in [6.45, 7) is 0. The van der Waals surface area contributed by atoms with Gasteiger partial charge in [0, 0.05) is 33.4 Å². The Morgan fingerprint density at radius 3 is 2.61 bits per heavy atom. The number of aromatic carboxylic acids is 1. The number of para-hydroxylation sites is 1. The minimum atomic E-state index is -1.03. The third-order valence-electron chi connectivity index (χ3n) is 4.75. The molecule has 1 aliphatic rings. The Morgan fingerprint density at radius 1 is 1.21 bits per heavy atom. The molecule has 1 aromatic heterocycles. The summed E-state index contributed by atoms with van der Waals surface area (Å²) in [4.78, 5) is 25.5. The van der Waals surface area contributed by atoms with Gasteiger partial charge in [-0.15, -0.1) is 11.3 Å². The van der Waals surface area contributed by atoms with Crippen LogP contribution < -0.4 is 10.1 Å². The first-order valence-electron chi connectivity index (χ1n) is 8.58. The number of carboxylic acids is 1. The van der Waals surface area contributed by atoms with Crippen LogP contribution in [-0.4, -0.2) is 24.1 Å². The third kappa shape index (κ3) is 3.15. The second-order valence-corrected chi connectivity index (χ2v) is 7.89. The molecule has 0 radical (unpaired) electrons. The predicted octanol–water partition coefficient (Wildman–Crippen LogP) is 5.25. The number of carbonyl (C=O) groups is 2. The number of carbonyl (C=O) groups excluding carboxylic acids is 1. The van der Waals surface area contributed by atoms with Gasteiger partial charge in [0.05, 0.1) is 12.8 Å². The first kappa shape index (κ1) is 18.5. The molecule has 4 rings (SSSR count). The number of ether oxygens (including phenoxy) is 1. The summed E-state index contributed by atoms with van der Waals surface area (Å²) in [5.41, 5.74) is 2.62. The van der Waals surface area contributed by atoms with E-state index in [9.17, 15) is 14.7 Å². The lowest BCUT2D eigenvalue weighted by atomic mass is 9.88. The van der Waals surface area contributed by atoms with Gasteiger partial charge in [-0.25, -0.2) is 4.79 Å². The summed E-state index contributed by atoms with van der Waals surface area (Å²) in [6, 6.07) is 14.4. The molecular formula is C21H16ClNO4S. The van der Waals surface area contributed by atoms with E-state index >= 15 is 0 Å². The molecule has 0 unspecified atom stereocenters. The van der Waals surface area contributed by atoms with E-state index in [0.29, 0.717) is 27.6 Å². The van der Waals surface area contributed by atoms with Gasteiger partial charge in [-0.3, -0.25) is 4.79 Å². The van der Waals surface area contributed by atoms with Crippen LogP contribution in [0.25, 0.3) is 11.1 Å². The van der Waals surface area contributed by atoms with Crippen LogP contribution in [0.4, 0.5) is 5.69 Å². The van der Waals surface area contributed by atoms with Gasteiger partial charge in [0.25, 0.3) is 0 Å². The topological polar surface area (TPSA) is 75.6 Å². The molecule has 0 spiro atoms. The van der Waals surface area contributed by atoms with Crippen molar-refractivity contribution in [1.29, 1.82) is 0 Å². The molecule has 1 aliphatic heterocycles. The number of rotatable bonds is 4. The highest BCUT2D eigenvalue weighted by Crippen LogP contribution is 2.50. The number of fused-ring (bicyclic) bond motifs is 1. The fraction of sp³-hybridized carbons (Fsp3) is 0.143. The quantitative estimate of drug-likeness (QED) is 0.612. The molecule has 0 aliphatic carbocycles. The van der Waals surface area contributed by atoms with Gasteiger partial charge < -0.3 is 15.2 Å². The standard InChI is InChI=1S/C21H16ClNO4S/c1-27-15-5-3-2-4-13(15)14-10-16(24)23-18-17(11-6-8-12(22)9-7-11)20(21(25)26)28-19(14)18/h2-9,14H,10H2,1H3,(H,23,24)(H,25,26)/t14-/m1/s1. The summed E-state index contributed by atoms with van der Waals surface area (Å²) in [5, 5.41) is 13.2. The van der Waals surface area contributed by atoms with E-state index in [0.717, 1.165) is 10.4 Å². The molecule has 28 heavy (non-hydrogen) atoms. The molecule has 1 amide bonds. The Morgan fingerprint density at radius 2 is 1.93 bits per heavy atom. The second kappa shape index (κ2) is 7.30. The average Bonchev–Trinajstić information content (AvgIpc) is 3.07. The molecule has 2 heterocycles. The molecule has 5 nitrogen and oxygen atoms in total. The smallest absolute Gasteiger partial charge is 0.346 e. The Kier molecular flexibility index (Phi) is 4.83. The van der Waals surface area contributed by atoms with Crippen molar-refractivity contribution in [2.75, 3.05) is 12.4 Å². The zero-order chi connectivity index (χ0) is 19.8. The molecule has 0 bridgehead atoms. The fourth-order valence-corrected chi connectivity index (χ4v) is 4.90. The Labute approximate surface area is 170 Å². The van der Waals surface area contributed by atoms with Crippen LogP contribution in [0.1, 0.15) is 32.5 Å². The van der Waals surface area contributed by atoms with E-state index in [1.54, 1.807) is 31.4 Å². The lowest BCUT2D eigenvalue weighted by Gasteiger charge is -2.25. The molecule has 2 N–H and O–H groups in total. The number of halogens is 1. The van der Waals surface area contributed by atoms with Crippen LogP contribution in [0.3, 0.4) is 0 Å². The minimum absolute atomic E-state index is 0.159. The molecule has 0 fully saturated rings. The van der Waals surface area contributed by atoms with Crippen molar-refractivity contribution < 1.29 is 19.4 Å². The molecule has 0 saturated carbocycles. The monoisotopic (exact) mass is 413 g/mol. The minimum Gasteiger partial charge on any atom is -0.496 e. The van der Waals surface area contributed by atoms with E-state index in [1.807, 2.05) is 24.3 Å². The number of hydrogen-bond acceptors (Lipinski definition) is 4. The number of amides is 1. The van der Waals surface area contributed by atoms with Gasteiger partial charge >= 0.3 is 5.97 Å². The van der Waals surface area contributed by atoms with E-state index < -0.39 is 5.97 Å². The maximum absolute atomic E-state index is 12.5. The lowest BCUT2D eigenvalue weighted by molar-refractivity contribution is -0.116. The van der Waals surface area contributed by atoms with E-state index in [1.165, 1.54) is 11.3 Å². The number of thiophene rings is 1. The van der Waals surface area contributed by atoms with Crippen LogP contribution in [-0.2, 0) is 4.79 Å². The Balaban J connectivity index is 1.95. The summed E-state index contributed by atoms with van der Waals surface area (Å²) < 4.78 is 5.47. The highest BCUT2D eigenvalue weighted by molar-refractivity contribution is 7.15.